The highest BCUT2D eigenvalue weighted by Crippen LogP contribution is 2.17. The van der Waals surface area contributed by atoms with Crippen LogP contribution in [-0.2, 0) is 4.84 Å². The highest BCUT2D eigenvalue weighted by Gasteiger charge is 2.04. The molecule has 0 saturated heterocycles. The molecule has 258 valence electrons. The lowest BCUT2D eigenvalue weighted by molar-refractivity contribution is 0.124. The van der Waals surface area contributed by atoms with Crippen LogP contribution in [0.5, 0.6) is 0 Å². The fourth-order valence-corrected chi connectivity index (χ4v) is 5.50. The van der Waals surface area contributed by atoms with Gasteiger partial charge in [-0.05, 0) is 97.1 Å². The number of unbranched alkanes of at least 4 members (excludes halogenated alkanes) is 17. The van der Waals surface area contributed by atoms with E-state index >= 15 is 0 Å². The minimum Gasteiger partial charge on any atom is -0.394 e. The molecule has 0 fully saturated rings. The molecular formula is C41H78N2O. The van der Waals surface area contributed by atoms with E-state index in [-0.39, 0.29) is 0 Å². The number of allylic oxidation sites excluding steroid dienone is 6. The van der Waals surface area contributed by atoms with Crippen LogP contribution in [0.2, 0.25) is 0 Å². The second-order valence-electron chi connectivity index (χ2n) is 13.6. The molecule has 0 heterocycles. The summed E-state index contributed by atoms with van der Waals surface area (Å²) in [6.45, 7) is 8.58. The summed E-state index contributed by atoms with van der Waals surface area (Å²) in [6, 6.07) is 0. The topological polar surface area (TPSA) is 24.8 Å². The lowest BCUT2D eigenvalue weighted by Crippen LogP contribution is -2.17. The van der Waals surface area contributed by atoms with Gasteiger partial charge in [0, 0.05) is 6.54 Å². The standard InChI is InChI=1S/C41H78N2O/c1-6-8-10-12-14-15-16-17-18-19-20-21-22-23-28-32-36-41(42-44-39-38-43(4)5)37-33-29-25-24-27-31-35-40(3)34-30-26-13-11-9-7-2/h14-15,17-18,26,30,40H,6-13,16,19-25,27-29,31-39H2,1-5H3/b15-14-,18-17-,30-26-,42-41+. The van der Waals surface area contributed by atoms with E-state index in [1.54, 1.807) is 0 Å². The van der Waals surface area contributed by atoms with Crippen molar-refractivity contribution < 1.29 is 4.84 Å². The first-order valence-electron chi connectivity index (χ1n) is 19.4. The lowest BCUT2D eigenvalue weighted by atomic mass is 9.98. The Kier molecular flexibility index (Phi) is 35.0. The van der Waals surface area contributed by atoms with Crippen molar-refractivity contribution in [2.75, 3.05) is 27.2 Å². The van der Waals surface area contributed by atoms with Crippen LogP contribution in [0.15, 0.2) is 41.6 Å². The first-order valence-corrected chi connectivity index (χ1v) is 19.4. The van der Waals surface area contributed by atoms with E-state index in [9.17, 15) is 0 Å². The Bertz CT molecular complexity index is 678. The lowest BCUT2D eigenvalue weighted by Gasteiger charge is -2.10. The number of rotatable bonds is 34. The third kappa shape index (κ3) is 35.1. The highest BCUT2D eigenvalue weighted by atomic mass is 16.6. The van der Waals surface area contributed by atoms with Crippen molar-refractivity contribution in [2.45, 2.75) is 188 Å². The van der Waals surface area contributed by atoms with Crippen LogP contribution in [-0.4, -0.2) is 37.9 Å². The van der Waals surface area contributed by atoms with Gasteiger partial charge in [0.1, 0.15) is 6.61 Å². The van der Waals surface area contributed by atoms with Crippen LogP contribution >= 0.6 is 0 Å². The minimum atomic E-state index is 0.688. The van der Waals surface area contributed by atoms with Gasteiger partial charge in [-0.15, -0.1) is 0 Å². The summed E-state index contributed by atoms with van der Waals surface area (Å²) in [5.74, 6) is 0.836. The van der Waals surface area contributed by atoms with Gasteiger partial charge in [0.25, 0.3) is 0 Å². The van der Waals surface area contributed by atoms with Crippen LogP contribution < -0.4 is 0 Å². The van der Waals surface area contributed by atoms with Crippen LogP contribution in [0.4, 0.5) is 0 Å². The van der Waals surface area contributed by atoms with Gasteiger partial charge in [-0.1, -0.05) is 152 Å². The number of hydrogen-bond acceptors (Lipinski definition) is 3. The van der Waals surface area contributed by atoms with E-state index < -0.39 is 0 Å². The summed E-state index contributed by atoms with van der Waals surface area (Å²) in [4.78, 5) is 7.86. The molecule has 44 heavy (non-hydrogen) atoms. The fraction of sp³-hybridized carbons (Fsp3) is 0.829. The molecule has 0 saturated carbocycles. The fourth-order valence-electron chi connectivity index (χ4n) is 5.50. The van der Waals surface area contributed by atoms with Crippen molar-refractivity contribution in [1.29, 1.82) is 0 Å². The molecule has 1 atom stereocenters. The van der Waals surface area contributed by atoms with Gasteiger partial charge >= 0.3 is 0 Å². The third-order valence-electron chi connectivity index (χ3n) is 8.58. The maximum absolute atomic E-state index is 5.70. The second-order valence-corrected chi connectivity index (χ2v) is 13.6. The zero-order chi connectivity index (χ0) is 32.2. The van der Waals surface area contributed by atoms with Gasteiger partial charge in [-0.25, -0.2) is 0 Å². The molecule has 1 unspecified atom stereocenters. The van der Waals surface area contributed by atoms with Crippen molar-refractivity contribution in [2.24, 2.45) is 11.1 Å². The first-order chi connectivity index (χ1) is 21.6. The molecule has 0 aliphatic heterocycles. The molecule has 0 amide bonds. The summed E-state index contributed by atoms with van der Waals surface area (Å²) in [5, 5.41) is 4.59. The second kappa shape index (κ2) is 36.1. The molecule has 0 aromatic carbocycles. The average Bonchev–Trinajstić information content (AvgIpc) is 3.01. The molecular weight excluding hydrogens is 536 g/mol. The molecule has 0 bridgehead atoms. The summed E-state index contributed by atoms with van der Waals surface area (Å²) in [5.41, 5.74) is 1.30. The van der Waals surface area contributed by atoms with Crippen LogP contribution in [0.1, 0.15) is 188 Å². The normalized spacial score (nSPS) is 13.4. The predicted octanol–water partition coefficient (Wildman–Crippen LogP) is 13.4. The number of likely N-dealkylation sites (N-methyl/N-ethyl adjacent to an activating group) is 1. The predicted molar refractivity (Wildman–Crippen MR) is 200 cm³/mol. The van der Waals surface area contributed by atoms with E-state index in [4.69, 9.17) is 4.84 Å². The number of oxime groups is 1. The van der Waals surface area contributed by atoms with E-state index in [0.29, 0.717) is 6.61 Å². The molecule has 0 radical (unpaired) electrons. The van der Waals surface area contributed by atoms with Gasteiger partial charge in [0.2, 0.25) is 0 Å². The molecule has 0 spiro atoms. The third-order valence-corrected chi connectivity index (χ3v) is 8.58. The maximum Gasteiger partial charge on any atom is 0.129 e. The van der Waals surface area contributed by atoms with Crippen molar-refractivity contribution in [1.82, 2.24) is 4.90 Å². The quantitative estimate of drug-likeness (QED) is 0.0312. The summed E-state index contributed by atoms with van der Waals surface area (Å²) in [7, 11) is 4.18. The zero-order valence-electron chi connectivity index (χ0n) is 30.6. The van der Waals surface area contributed by atoms with E-state index in [1.807, 2.05) is 0 Å². The average molecular weight is 615 g/mol. The summed E-state index contributed by atoms with van der Waals surface area (Å²) < 4.78 is 0. The van der Waals surface area contributed by atoms with Crippen LogP contribution in [0.3, 0.4) is 0 Å². The monoisotopic (exact) mass is 615 g/mol. The van der Waals surface area contributed by atoms with Gasteiger partial charge in [-0.3, -0.25) is 0 Å². The van der Waals surface area contributed by atoms with Gasteiger partial charge in [0.15, 0.2) is 0 Å². The summed E-state index contributed by atoms with van der Waals surface area (Å²) in [6.07, 6.45) is 48.2. The minimum absolute atomic E-state index is 0.688. The van der Waals surface area contributed by atoms with E-state index in [0.717, 1.165) is 31.7 Å². The van der Waals surface area contributed by atoms with Crippen molar-refractivity contribution >= 4 is 5.71 Å². The largest absolute Gasteiger partial charge is 0.394 e. The summed E-state index contributed by atoms with van der Waals surface area (Å²) >= 11 is 0. The highest BCUT2D eigenvalue weighted by molar-refractivity contribution is 5.83. The van der Waals surface area contributed by atoms with Crippen molar-refractivity contribution in [3.05, 3.63) is 36.5 Å². The molecule has 0 N–H and O–H groups in total. The van der Waals surface area contributed by atoms with Crippen LogP contribution in [0.25, 0.3) is 0 Å². The van der Waals surface area contributed by atoms with Gasteiger partial charge in [0.05, 0.1) is 5.71 Å². The first kappa shape index (κ1) is 42.6. The molecule has 3 heteroatoms. The molecule has 0 aromatic rings. The smallest absolute Gasteiger partial charge is 0.129 e. The van der Waals surface area contributed by atoms with Gasteiger partial charge < -0.3 is 9.74 Å². The zero-order valence-corrected chi connectivity index (χ0v) is 30.6. The Balaban J connectivity index is 3.92. The van der Waals surface area contributed by atoms with Gasteiger partial charge in [-0.2, -0.15) is 0 Å². The van der Waals surface area contributed by atoms with Crippen molar-refractivity contribution in [3.63, 3.8) is 0 Å². The van der Waals surface area contributed by atoms with E-state index in [2.05, 4.69) is 81.4 Å². The molecule has 0 aliphatic carbocycles. The SMILES string of the molecule is CCCCC/C=C\C/C=C\CCCCCCCC/C(CCCCCCCCC(C)C/C=C\CCCCC)=N\OCCN(C)C. The Labute approximate surface area is 277 Å². The Hall–Kier alpha value is -1.35. The van der Waals surface area contributed by atoms with E-state index in [1.165, 1.54) is 153 Å². The van der Waals surface area contributed by atoms with Crippen molar-refractivity contribution in [3.8, 4) is 0 Å². The molecule has 0 rings (SSSR count). The van der Waals surface area contributed by atoms with Crippen LogP contribution in [0, 0.1) is 5.92 Å². The Morgan fingerprint density at radius 1 is 0.591 bits per heavy atom. The molecule has 0 aromatic heterocycles. The molecule has 3 nitrogen and oxygen atoms in total. The molecule has 0 aliphatic rings. The Morgan fingerprint density at radius 2 is 1.07 bits per heavy atom. The maximum atomic E-state index is 5.70. The number of hydrogen-bond donors (Lipinski definition) is 0. The number of nitrogens with zero attached hydrogens (tertiary/aromatic N) is 2. The Morgan fingerprint density at radius 3 is 1.61 bits per heavy atom.